The summed E-state index contributed by atoms with van der Waals surface area (Å²) in [5.41, 5.74) is 1.80. The van der Waals surface area contributed by atoms with Gasteiger partial charge in [-0.2, -0.15) is 0 Å². The SMILES string of the molecule is CCOC(=O)[C@@H]1[C@@H](C(=O)O)[C@@H](c2ccccc2)C=C[C@@H]1c1ccccc1. The van der Waals surface area contributed by atoms with Crippen LogP contribution in [0.1, 0.15) is 29.9 Å². The molecule has 4 nitrogen and oxygen atoms in total. The number of carbonyl (C=O) groups excluding carboxylic acids is 1. The van der Waals surface area contributed by atoms with Gasteiger partial charge in [-0.3, -0.25) is 9.59 Å². The molecule has 0 fully saturated rings. The van der Waals surface area contributed by atoms with Crippen LogP contribution in [0.3, 0.4) is 0 Å². The lowest BCUT2D eigenvalue weighted by Gasteiger charge is -2.36. The molecule has 26 heavy (non-hydrogen) atoms. The number of benzene rings is 2. The Bertz CT molecular complexity index is 782. The minimum atomic E-state index is -0.984. The summed E-state index contributed by atoms with van der Waals surface area (Å²) in [7, 11) is 0. The Labute approximate surface area is 153 Å². The van der Waals surface area contributed by atoms with E-state index in [9.17, 15) is 14.7 Å². The molecule has 0 aliphatic heterocycles. The molecule has 0 bridgehead atoms. The van der Waals surface area contributed by atoms with Gasteiger partial charge < -0.3 is 9.84 Å². The van der Waals surface area contributed by atoms with E-state index in [4.69, 9.17) is 4.74 Å². The highest BCUT2D eigenvalue weighted by Crippen LogP contribution is 2.45. The van der Waals surface area contributed by atoms with Crippen molar-refractivity contribution in [3.63, 3.8) is 0 Å². The summed E-state index contributed by atoms with van der Waals surface area (Å²) in [6.07, 6.45) is 3.87. The number of carboxylic acids is 1. The van der Waals surface area contributed by atoms with Crippen molar-refractivity contribution in [1.29, 1.82) is 0 Å². The highest BCUT2D eigenvalue weighted by molar-refractivity contribution is 5.84. The average molecular weight is 350 g/mol. The Morgan fingerprint density at radius 1 is 0.846 bits per heavy atom. The number of hydrogen-bond donors (Lipinski definition) is 1. The van der Waals surface area contributed by atoms with Crippen LogP contribution in [0.2, 0.25) is 0 Å². The lowest BCUT2D eigenvalue weighted by molar-refractivity contribution is -0.159. The van der Waals surface area contributed by atoms with Crippen molar-refractivity contribution in [3.05, 3.63) is 83.9 Å². The highest BCUT2D eigenvalue weighted by Gasteiger charge is 2.46. The van der Waals surface area contributed by atoms with Gasteiger partial charge in [0.05, 0.1) is 18.4 Å². The summed E-state index contributed by atoms with van der Waals surface area (Å²) in [5, 5.41) is 9.98. The molecule has 0 radical (unpaired) electrons. The fourth-order valence-corrected chi connectivity index (χ4v) is 3.75. The summed E-state index contributed by atoms with van der Waals surface area (Å²) in [5.74, 6) is -3.79. The maximum atomic E-state index is 12.8. The van der Waals surface area contributed by atoms with Crippen molar-refractivity contribution in [3.8, 4) is 0 Å². The van der Waals surface area contributed by atoms with Crippen LogP contribution < -0.4 is 0 Å². The molecule has 0 saturated heterocycles. The van der Waals surface area contributed by atoms with Crippen LogP contribution in [0, 0.1) is 11.8 Å². The Balaban J connectivity index is 2.09. The highest BCUT2D eigenvalue weighted by atomic mass is 16.5. The summed E-state index contributed by atoms with van der Waals surface area (Å²) < 4.78 is 5.26. The Morgan fingerprint density at radius 2 is 1.31 bits per heavy atom. The number of aliphatic carboxylic acids is 1. The van der Waals surface area contributed by atoms with Crippen LogP contribution >= 0.6 is 0 Å². The molecule has 134 valence electrons. The van der Waals surface area contributed by atoms with E-state index in [2.05, 4.69) is 0 Å². The van der Waals surface area contributed by atoms with Gasteiger partial charge in [-0.25, -0.2) is 0 Å². The van der Waals surface area contributed by atoms with Crippen molar-refractivity contribution < 1.29 is 19.4 Å². The van der Waals surface area contributed by atoms with E-state index >= 15 is 0 Å². The van der Waals surface area contributed by atoms with Crippen LogP contribution in [-0.2, 0) is 14.3 Å². The third-order valence-corrected chi connectivity index (χ3v) is 4.90. The molecule has 4 heteroatoms. The summed E-state index contributed by atoms with van der Waals surface area (Å²) >= 11 is 0. The average Bonchev–Trinajstić information content (AvgIpc) is 2.68. The second-order valence-electron chi connectivity index (χ2n) is 6.40. The van der Waals surface area contributed by atoms with Gasteiger partial charge in [-0.1, -0.05) is 72.8 Å². The monoisotopic (exact) mass is 350 g/mol. The second kappa shape index (κ2) is 8.00. The van der Waals surface area contributed by atoms with Crippen LogP contribution in [0.25, 0.3) is 0 Å². The Morgan fingerprint density at radius 3 is 1.73 bits per heavy atom. The first-order chi connectivity index (χ1) is 12.6. The first-order valence-electron chi connectivity index (χ1n) is 8.81. The molecule has 2 aromatic carbocycles. The summed E-state index contributed by atoms with van der Waals surface area (Å²) in [4.78, 5) is 24.9. The number of carboxylic acid groups (broad SMARTS) is 1. The van der Waals surface area contributed by atoms with E-state index in [0.29, 0.717) is 0 Å². The zero-order valence-corrected chi connectivity index (χ0v) is 14.6. The van der Waals surface area contributed by atoms with E-state index in [-0.39, 0.29) is 18.4 Å². The van der Waals surface area contributed by atoms with Crippen molar-refractivity contribution in [2.75, 3.05) is 6.61 Å². The minimum Gasteiger partial charge on any atom is -0.481 e. The summed E-state index contributed by atoms with van der Waals surface area (Å²) in [6, 6.07) is 19.0. The van der Waals surface area contributed by atoms with Crippen molar-refractivity contribution in [2.24, 2.45) is 11.8 Å². The quantitative estimate of drug-likeness (QED) is 0.654. The molecule has 1 aliphatic carbocycles. The van der Waals surface area contributed by atoms with Crippen LogP contribution in [-0.4, -0.2) is 23.7 Å². The fraction of sp³-hybridized carbons (Fsp3) is 0.273. The molecule has 1 aliphatic rings. The van der Waals surface area contributed by atoms with Gasteiger partial charge in [0.15, 0.2) is 0 Å². The van der Waals surface area contributed by atoms with Crippen LogP contribution in [0.15, 0.2) is 72.8 Å². The molecular formula is C22H22O4. The van der Waals surface area contributed by atoms with Crippen LogP contribution in [0.5, 0.6) is 0 Å². The third kappa shape index (κ3) is 3.54. The molecule has 0 heterocycles. The van der Waals surface area contributed by atoms with Gasteiger partial charge in [0.1, 0.15) is 0 Å². The maximum Gasteiger partial charge on any atom is 0.310 e. The predicted molar refractivity (Wildman–Crippen MR) is 98.8 cm³/mol. The molecule has 0 aromatic heterocycles. The molecule has 0 saturated carbocycles. The lowest BCUT2D eigenvalue weighted by Crippen LogP contribution is -2.40. The van der Waals surface area contributed by atoms with Gasteiger partial charge in [0.25, 0.3) is 0 Å². The maximum absolute atomic E-state index is 12.8. The zero-order chi connectivity index (χ0) is 18.5. The lowest BCUT2D eigenvalue weighted by atomic mass is 9.66. The number of rotatable bonds is 5. The van der Waals surface area contributed by atoms with E-state index in [1.54, 1.807) is 6.92 Å². The molecule has 1 N–H and O–H groups in total. The Hall–Kier alpha value is -2.88. The second-order valence-corrected chi connectivity index (χ2v) is 6.40. The number of esters is 1. The standard InChI is InChI=1S/C22H22O4/c1-2-26-22(25)20-18(16-11-7-4-8-12-16)14-13-17(19(20)21(23)24)15-9-5-3-6-10-15/h3-14,17-20H,2H2,1H3,(H,23,24)/t17-,18-,19+,20+/m1/s1. The first kappa shape index (κ1) is 17.9. The normalized spacial score (nSPS) is 24.8. The molecular weight excluding hydrogens is 328 g/mol. The Kier molecular flexibility index (Phi) is 5.52. The van der Waals surface area contributed by atoms with Gasteiger partial charge in [-0.15, -0.1) is 0 Å². The van der Waals surface area contributed by atoms with E-state index in [0.717, 1.165) is 11.1 Å². The van der Waals surface area contributed by atoms with Gasteiger partial charge in [-0.05, 0) is 18.1 Å². The van der Waals surface area contributed by atoms with Crippen molar-refractivity contribution >= 4 is 11.9 Å². The van der Waals surface area contributed by atoms with E-state index < -0.39 is 23.8 Å². The van der Waals surface area contributed by atoms with Gasteiger partial charge >= 0.3 is 11.9 Å². The third-order valence-electron chi connectivity index (χ3n) is 4.90. The number of hydrogen-bond acceptors (Lipinski definition) is 3. The molecule has 3 rings (SSSR count). The predicted octanol–water partition coefficient (Wildman–Crippen LogP) is 4.00. The largest absolute Gasteiger partial charge is 0.481 e. The molecule has 0 unspecified atom stereocenters. The van der Waals surface area contributed by atoms with Gasteiger partial charge in [0, 0.05) is 11.8 Å². The molecule has 0 amide bonds. The van der Waals surface area contributed by atoms with Crippen molar-refractivity contribution in [2.45, 2.75) is 18.8 Å². The van der Waals surface area contributed by atoms with Crippen LogP contribution in [0.4, 0.5) is 0 Å². The van der Waals surface area contributed by atoms with E-state index in [1.165, 1.54) is 0 Å². The zero-order valence-electron chi connectivity index (χ0n) is 14.6. The smallest absolute Gasteiger partial charge is 0.310 e. The fourth-order valence-electron chi connectivity index (χ4n) is 3.75. The minimum absolute atomic E-state index is 0.225. The summed E-state index contributed by atoms with van der Waals surface area (Å²) in [6.45, 7) is 1.96. The molecule has 0 spiro atoms. The number of allylic oxidation sites excluding steroid dienone is 2. The molecule has 4 atom stereocenters. The first-order valence-corrected chi connectivity index (χ1v) is 8.81. The van der Waals surface area contributed by atoms with Crippen molar-refractivity contribution in [1.82, 2.24) is 0 Å². The van der Waals surface area contributed by atoms with Gasteiger partial charge in [0.2, 0.25) is 0 Å². The number of carbonyl (C=O) groups is 2. The molecule has 2 aromatic rings. The number of ether oxygens (including phenoxy) is 1. The van der Waals surface area contributed by atoms with E-state index in [1.807, 2.05) is 72.8 Å². The topological polar surface area (TPSA) is 63.6 Å².